The molecule has 0 bridgehead atoms. The summed E-state index contributed by atoms with van der Waals surface area (Å²) in [6, 6.07) is 1.71. The first-order valence-corrected chi connectivity index (χ1v) is 5.57. The molecule has 0 spiro atoms. The lowest BCUT2D eigenvalue weighted by atomic mass is 9.93. The van der Waals surface area contributed by atoms with Gasteiger partial charge < -0.3 is 0 Å². The second kappa shape index (κ2) is 5.39. The summed E-state index contributed by atoms with van der Waals surface area (Å²) < 4.78 is 26.6. The van der Waals surface area contributed by atoms with Crippen molar-refractivity contribution in [3.8, 4) is 0 Å². The fourth-order valence-electron chi connectivity index (χ4n) is 1.59. The largest absolute Gasteiger partial charge is 0.294 e. The van der Waals surface area contributed by atoms with Gasteiger partial charge in [0.1, 0.15) is 11.6 Å². The standard InChI is InChI=1S/C12H13ClF2O/c1-3-7(4-2)12(16)8-5-11(15)9(13)6-10(8)14/h5-7H,3-4H2,1-2H3. The van der Waals surface area contributed by atoms with Crippen LogP contribution in [0.1, 0.15) is 37.0 Å². The normalized spacial score (nSPS) is 10.9. The Morgan fingerprint density at radius 3 is 2.31 bits per heavy atom. The lowest BCUT2D eigenvalue weighted by Gasteiger charge is -2.11. The van der Waals surface area contributed by atoms with Crippen molar-refractivity contribution >= 4 is 17.4 Å². The molecular weight excluding hydrogens is 234 g/mol. The smallest absolute Gasteiger partial charge is 0.168 e. The lowest BCUT2D eigenvalue weighted by molar-refractivity contribution is 0.0908. The summed E-state index contributed by atoms with van der Waals surface area (Å²) in [5, 5.41) is -0.307. The zero-order valence-electron chi connectivity index (χ0n) is 9.19. The van der Waals surface area contributed by atoms with Gasteiger partial charge in [0, 0.05) is 5.92 Å². The Morgan fingerprint density at radius 1 is 1.25 bits per heavy atom. The third-order valence-corrected chi connectivity index (χ3v) is 2.92. The molecule has 1 aromatic carbocycles. The molecule has 4 heteroatoms. The van der Waals surface area contributed by atoms with E-state index in [9.17, 15) is 13.6 Å². The first kappa shape index (κ1) is 13.1. The number of halogens is 3. The van der Waals surface area contributed by atoms with E-state index in [1.165, 1.54) is 0 Å². The maximum atomic E-state index is 13.4. The van der Waals surface area contributed by atoms with Crippen molar-refractivity contribution in [1.82, 2.24) is 0 Å². The molecule has 0 aromatic heterocycles. The molecule has 0 radical (unpaired) electrons. The summed E-state index contributed by atoms with van der Waals surface area (Å²) in [6.45, 7) is 3.69. The van der Waals surface area contributed by atoms with Crippen LogP contribution < -0.4 is 0 Å². The van der Waals surface area contributed by atoms with Gasteiger partial charge >= 0.3 is 0 Å². The van der Waals surface area contributed by atoms with Crippen LogP contribution in [-0.2, 0) is 0 Å². The van der Waals surface area contributed by atoms with E-state index in [0.29, 0.717) is 12.8 Å². The predicted octanol–water partition coefficient (Wildman–Crippen LogP) is 4.24. The minimum absolute atomic E-state index is 0.212. The summed E-state index contributed by atoms with van der Waals surface area (Å²) in [5.41, 5.74) is -0.212. The molecule has 0 aliphatic carbocycles. The van der Waals surface area contributed by atoms with Crippen molar-refractivity contribution in [2.45, 2.75) is 26.7 Å². The van der Waals surface area contributed by atoms with Gasteiger partial charge in [-0.05, 0) is 25.0 Å². The van der Waals surface area contributed by atoms with Crippen LogP contribution in [-0.4, -0.2) is 5.78 Å². The Bertz CT molecular complexity index is 400. The summed E-state index contributed by atoms with van der Waals surface area (Å²) >= 11 is 5.41. The number of benzene rings is 1. The Morgan fingerprint density at radius 2 is 1.81 bits per heavy atom. The van der Waals surface area contributed by atoms with Gasteiger partial charge in [-0.2, -0.15) is 0 Å². The highest BCUT2D eigenvalue weighted by molar-refractivity contribution is 6.30. The molecule has 0 aliphatic heterocycles. The van der Waals surface area contributed by atoms with Crippen LogP contribution in [0.15, 0.2) is 12.1 Å². The first-order valence-electron chi connectivity index (χ1n) is 5.20. The number of Topliss-reactive ketones (excluding diaryl/α,β-unsaturated/α-hetero) is 1. The average Bonchev–Trinajstić information content (AvgIpc) is 2.25. The molecule has 0 unspecified atom stereocenters. The predicted molar refractivity (Wildman–Crippen MR) is 59.8 cm³/mol. The average molecular weight is 247 g/mol. The van der Waals surface area contributed by atoms with Gasteiger partial charge in [0.05, 0.1) is 10.6 Å². The van der Waals surface area contributed by atoms with Gasteiger partial charge in [0.2, 0.25) is 0 Å². The quantitative estimate of drug-likeness (QED) is 0.574. The Labute approximate surface area is 98.4 Å². The van der Waals surface area contributed by atoms with Crippen LogP contribution in [0.3, 0.4) is 0 Å². The van der Waals surface area contributed by atoms with Gasteiger partial charge in [-0.1, -0.05) is 25.4 Å². The van der Waals surface area contributed by atoms with E-state index in [-0.39, 0.29) is 22.3 Å². The monoisotopic (exact) mass is 246 g/mol. The zero-order valence-corrected chi connectivity index (χ0v) is 9.94. The second-order valence-corrected chi connectivity index (χ2v) is 4.03. The molecule has 16 heavy (non-hydrogen) atoms. The fourth-order valence-corrected chi connectivity index (χ4v) is 1.74. The van der Waals surface area contributed by atoms with E-state index in [4.69, 9.17) is 11.6 Å². The van der Waals surface area contributed by atoms with E-state index in [1.807, 2.05) is 13.8 Å². The molecule has 0 amide bonds. The minimum Gasteiger partial charge on any atom is -0.294 e. The molecule has 0 saturated heterocycles. The van der Waals surface area contributed by atoms with Crippen molar-refractivity contribution in [1.29, 1.82) is 0 Å². The van der Waals surface area contributed by atoms with Crippen LogP contribution in [0, 0.1) is 17.6 Å². The highest BCUT2D eigenvalue weighted by Gasteiger charge is 2.21. The molecule has 1 aromatic rings. The molecule has 1 rings (SSSR count). The number of rotatable bonds is 4. The van der Waals surface area contributed by atoms with Crippen LogP contribution in [0.25, 0.3) is 0 Å². The fraction of sp³-hybridized carbons (Fsp3) is 0.417. The van der Waals surface area contributed by atoms with Crippen LogP contribution in [0.2, 0.25) is 5.02 Å². The molecule has 1 nitrogen and oxygen atoms in total. The summed E-state index contributed by atoms with van der Waals surface area (Å²) in [5.74, 6) is -2.16. The molecule has 0 saturated carbocycles. The topological polar surface area (TPSA) is 17.1 Å². The Hall–Kier alpha value is -0.960. The van der Waals surface area contributed by atoms with E-state index < -0.39 is 11.6 Å². The highest BCUT2D eigenvalue weighted by Crippen LogP contribution is 2.23. The molecule has 0 heterocycles. The molecule has 0 fully saturated rings. The van der Waals surface area contributed by atoms with Gasteiger partial charge in [-0.25, -0.2) is 8.78 Å². The molecular formula is C12H13ClF2O. The van der Waals surface area contributed by atoms with Gasteiger partial charge in [-0.15, -0.1) is 0 Å². The molecule has 88 valence electrons. The number of carbonyl (C=O) groups is 1. The summed E-state index contributed by atoms with van der Waals surface area (Å²) in [7, 11) is 0. The van der Waals surface area contributed by atoms with E-state index in [2.05, 4.69) is 0 Å². The van der Waals surface area contributed by atoms with Crippen molar-refractivity contribution in [3.63, 3.8) is 0 Å². The van der Waals surface area contributed by atoms with Crippen molar-refractivity contribution in [3.05, 3.63) is 34.4 Å². The maximum absolute atomic E-state index is 13.4. The van der Waals surface area contributed by atoms with Gasteiger partial charge in [-0.3, -0.25) is 4.79 Å². The number of carbonyl (C=O) groups excluding carboxylic acids is 1. The maximum Gasteiger partial charge on any atom is 0.168 e. The molecule has 0 aliphatic rings. The van der Waals surface area contributed by atoms with Crippen LogP contribution in [0.4, 0.5) is 8.78 Å². The van der Waals surface area contributed by atoms with Crippen molar-refractivity contribution in [2.75, 3.05) is 0 Å². The molecule has 0 atom stereocenters. The van der Waals surface area contributed by atoms with Crippen molar-refractivity contribution in [2.24, 2.45) is 5.92 Å². The first-order chi connectivity index (χ1) is 7.51. The Balaban J connectivity index is 3.13. The summed E-state index contributed by atoms with van der Waals surface area (Å²) in [4.78, 5) is 11.8. The SMILES string of the molecule is CCC(CC)C(=O)c1cc(F)c(Cl)cc1F. The van der Waals surface area contributed by atoms with Gasteiger partial charge in [0.15, 0.2) is 5.78 Å². The number of ketones is 1. The minimum atomic E-state index is -0.766. The third kappa shape index (κ3) is 2.59. The zero-order chi connectivity index (χ0) is 12.3. The van der Waals surface area contributed by atoms with E-state index >= 15 is 0 Å². The van der Waals surface area contributed by atoms with E-state index in [1.54, 1.807) is 0 Å². The Kier molecular flexibility index (Phi) is 4.42. The van der Waals surface area contributed by atoms with Crippen LogP contribution >= 0.6 is 11.6 Å². The van der Waals surface area contributed by atoms with E-state index in [0.717, 1.165) is 12.1 Å². The van der Waals surface area contributed by atoms with Gasteiger partial charge in [0.25, 0.3) is 0 Å². The van der Waals surface area contributed by atoms with Crippen LogP contribution in [0.5, 0.6) is 0 Å². The lowest BCUT2D eigenvalue weighted by Crippen LogP contribution is -2.15. The summed E-state index contributed by atoms with van der Waals surface area (Å²) in [6.07, 6.45) is 1.22. The highest BCUT2D eigenvalue weighted by atomic mass is 35.5. The molecule has 0 N–H and O–H groups in total. The number of hydrogen-bond donors (Lipinski definition) is 0. The van der Waals surface area contributed by atoms with Crippen molar-refractivity contribution < 1.29 is 13.6 Å². The third-order valence-electron chi connectivity index (χ3n) is 2.63. The second-order valence-electron chi connectivity index (χ2n) is 3.62. The number of hydrogen-bond acceptors (Lipinski definition) is 1.